The monoisotopic (exact) mass is 301 g/mol. The van der Waals surface area contributed by atoms with Crippen LogP contribution in [0.3, 0.4) is 0 Å². The third-order valence-electron chi connectivity index (χ3n) is 3.34. The van der Waals surface area contributed by atoms with Crippen LogP contribution in [-0.4, -0.2) is 17.3 Å². The second kappa shape index (κ2) is 8.05. The van der Waals surface area contributed by atoms with Crippen LogP contribution in [0.2, 0.25) is 0 Å². The third kappa shape index (κ3) is 4.76. The predicted octanol–water partition coefficient (Wildman–Crippen LogP) is 3.81. The molecule has 2 aromatic rings. The molecule has 0 fully saturated rings. The van der Waals surface area contributed by atoms with Crippen molar-refractivity contribution in [1.82, 2.24) is 10.3 Å². The van der Waals surface area contributed by atoms with E-state index in [1.54, 1.807) is 6.20 Å². The molecule has 4 heteroatoms. The minimum absolute atomic E-state index is 0.227. The zero-order valence-corrected chi connectivity index (χ0v) is 13.5. The van der Waals surface area contributed by atoms with Crippen molar-refractivity contribution in [3.63, 3.8) is 0 Å². The topological polar surface area (TPSA) is 50.9 Å². The van der Waals surface area contributed by atoms with Crippen molar-refractivity contribution in [3.8, 4) is 0 Å². The summed E-state index contributed by atoms with van der Waals surface area (Å²) in [7, 11) is 0. The van der Waals surface area contributed by atoms with E-state index in [1.807, 2.05) is 24.0 Å². The summed E-state index contributed by atoms with van der Waals surface area (Å²) in [6.45, 7) is 5.26. The molecule has 1 aromatic carbocycles. The van der Waals surface area contributed by atoms with Crippen molar-refractivity contribution in [1.29, 1.82) is 0 Å². The van der Waals surface area contributed by atoms with Gasteiger partial charge >= 0.3 is 0 Å². The molecule has 0 saturated carbocycles. The highest BCUT2D eigenvalue weighted by Crippen LogP contribution is 2.27. The molecule has 1 unspecified atom stereocenters. The van der Waals surface area contributed by atoms with Gasteiger partial charge in [0.1, 0.15) is 0 Å². The number of hydrogen-bond acceptors (Lipinski definition) is 4. The number of rotatable bonds is 7. The van der Waals surface area contributed by atoms with Crippen molar-refractivity contribution >= 4 is 17.4 Å². The Morgan fingerprint density at radius 3 is 2.67 bits per heavy atom. The Morgan fingerprint density at radius 2 is 2.00 bits per heavy atom. The van der Waals surface area contributed by atoms with E-state index in [0.717, 1.165) is 30.0 Å². The number of nitrogens with one attached hydrogen (secondary N) is 1. The maximum atomic E-state index is 6.09. The van der Waals surface area contributed by atoms with Crippen LogP contribution in [-0.2, 0) is 0 Å². The summed E-state index contributed by atoms with van der Waals surface area (Å²) >= 11 is 1.85. The molecule has 21 heavy (non-hydrogen) atoms. The first-order valence-electron chi connectivity index (χ1n) is 7.33. The third-order valence-corrected chi connectivity index (χ3v) is 4.45. The van der Waals surface area contributed by atoms with Crippen molar-refractivity contribution in [2.45, 2.75) is 31.2 Å². The van der Waals surface area contributed by atoms with Gasteiger partial charge in [-0.15, -0.1) is 11.8 Å². The second-order valence-electron chi connectivity index (χ2n) is 5.14. The summed E-state index contributed by atoms with van der Waals surface area (Å²) in [5, 5.41) is 3.57. The molecule has 0 spiro atoms. The minimum Gasteiger partial charge on any atom is -0.398 e. The molecule has 0 amide bonds. The molecule has 0 saturated heterocycles. The van der Waals surface area contributed by atoms with Gasteiger partial charge in [-0.1, -0.05) is 24.6 Å². The Hall–Kier alpha value is -1.52. The zero-order chi connectivity index (χ0) is 15.1. The highest BCUT2D eigenvalue weighted by atomic mass is 32.2. The molecule has 1 aromatic heterocycles. The van der Waals surface area contributed by atoms with E-state index < -0.39 is 0 Å². The fraction of sp³-hybridized carbons (Fsp3) is 0.353. The van der Waals surface area contributed by atoms with Crippen LogP contribution in [0.4, 0.5) is 5.69 Å². The summed E-state index contributed by atoms with van der Waals surface area (Å²) in [4.78, 5) is 5.50. The van der Waals surface area contributed by atoms with Gasteiger partial charge in [-0.05, 0) is 38.1 Å². The lowest BCUT2D eigenvalue weighted by molar-refractivity contribution is 0.577. The average molecular weight is 301 g/mol. The first-order chi connectivity index (χ1) is 10.2. The summed E-state index contributed by atoms with van der Waals surface area (Å²) in [5.74, 6) is 0.943. The van der Waals surface area contributed by atoms with Gasteiger partial charge < -0.3 is 11.1 Å². The number of pyridine rings is 1. The largest absolute Gasteiger partial charge is 0.398 e. The standard InChI is InChI=1S/C17H23N3S/c1-3-9-20-17(15-11-19-10-8-16(15)18)12-21-14-6-4-13(2)5-7-14/h4-8,10-11,17,20H,3,9,12H2,1-2H3,(H2,18,19). The molecule has 3 N–H and O–H groups in total. The van der Waals surface area contributed by atoms with Crippen LogP contribution in [0.1, 0.15) is 30.5 Å². The van der Waals surface area contributed by atoms with E-state index in [-0.39, 0.29) is 6.04 Å². The number of aryl methyl sites for hydroxylation is 1. The van der Waals surface area contributed by atoms with Gasteiger partial charge in [0, 0.05) is 40.3 Å². The molecule has 1 heterocycles. The summed E-state index contributed by atoms with van der Waals surface area (Å²) in [5.41, 5.74) is 9.28. The fourth-order valence-corrected chi connectivity index (χ4v) is 3.08. The normalized spacial score (nSPS) is 12.3. The first-order valence-corrected chi connectivity index (χ1v) is 8.31. The molecule has 0 aliphatic carbocycles. The maximum Gasteiger partial charge on any atom is 0.0451 e. The van der Waals surface area contributed by atoms with E-state index >= 15 is 0 Å². The quantitative estimate of drug-likeness (QED) is 0.764. The van der Waals surface area contributed by atoms with Crippen LogP contribution in [0.5, 0.6) is 0 Å². The van der Waals surface area contributed by atoms with Gasteiger partial charge in [-0.3, -0.25) is 4.98 Å². The predicted molar refractivity (Wildman–Crippen MR) is 91.6 cm³/mol. The number of nitrogen functional groups attached to an aromatic ring is 1. The van der Waals surface area contributed by atoms with E-state index in [1.165, 1.54) is 10.5 Å². The smallest absolute Gasteiger partial charge is 0.0451 e. The molecule has 0 aliphatic heterocycles. The van der Waals surface area contributed by atoms with Crippen molar-refractivity contribution < 1.29 is 0 Å². The highest BCUT2D eigenvalue weighted by molar-refractivity contribution is 7.99. The van der Waals surface area contributed by atoms with E-state index in [0.29, 0.717) is 0 Å². The number of anilines is 1. The number of aromatic nitrogens is 1. The SMILES string of the molecule is CCCNC(CSc1ccc(C)cc1)c1cnccc1N. The van der Waals surface area contributed by atoms with Gasteiger partial charge in [0.15, 0.2) is 0 Å². The molecular weight excluding hydrogens is 278 g/mol. The summed E-state index contributed by atoms with van der Waals surface area (Å²) in [6, 6.07) is 10.7. The number of nitrogens with zero attached hydrogens (tertiary/aromatic N) is 1. The molecule has 0 radical (unpaired) electrons. The first kappa shape index (κ1) is 15.9. The minimum atomic E-state index is 0.227. The van der Waals surface area contributed by atoms with Crippen LogP contribution >= 0.6 is 11.8 Å². The van der Waals surface area contributed by atoms with Crippen molar-refractivity contribution in [2.24, 2.45) is 0 Å². The van der Waals surface area contributed by atoms with Crippen LogP contribution < -0.4 is 11.1 Å². The molecule has 112 valence electrons. The second-order valence-corrected chi connectivity index (χ2v) is 6.23. The number of nitrogens with two attached hydrogens (primary N) is 1. The van der Waals surface area contributed by atoms with Gasteiger partial charge in [-0.25, -0.2) is 0 Å². The summed E-state index contributed by atoms with van der Waals surface area (Å²) < 4.78 is 0. The molecule has 0 aliphatic rings. The lowest BCUT2D eigenvalue weighted by Crippen LogP contribution is -2.25. The van der Waals surface area contributed by atoms with Gasteiger partial charge in [0.2, 0.25) is 0 Å². The van der Waals surface area contributed by atoms with Crippen LogP contribution in [0.15, 0.2) is 47.6 Å². The Morgan fingerprint density at radius 1 is 1.24 bits per heavy atom. The highest BCUT2D eigenvalue weighted by Gasteiger charge is 2.14. The van der Waals surface area contributed by atoms with E-state index in [9.17, 15) is 0 Å². The lowest BCUT2D eigenvalue weighted by atomic mass is 10.1. The van der Waals surface area contributed by atoms with E-state index in [2.05, 4.69) is 48.4 Å². The van der Waals surface area contributed by atoms with Crippen molar-refractivity contribution in [3.05, 3.63) is 53.9 Å². The Bertz CT molecular complexity index is 554. The lowest BCUT2D eigenvalue weighted by Gasteiger charge is -2.20. The van der Waals surface area contributed by atoms with Gasteiger partial charge in [0.05, 0.1) is 0 Å². The molecular formula is C17H23N3S. The summed E-state index contributed by atoms with van der Waals surface area (Å²) in [6.07, 6.45) is 4.72. The Balaban J connectivity index is 2.06. The number of benzene rings is 1. The molecule has 0 bridgehead atoms. The van der Waals surface area contributed by atoms with E-state index in [4.69, 9.17) is 5.73 Å². The Kier molecular flexibility index (Phi) is 6.08. The van der Waals surface area contributed by atoms with Gasteiger partial charge in [-0.2, -0.15) is 0 Å². The zero-order valence-electron chi connectivity index (χ0n) is 12.7. The van der Waals surface area contributed by atoms with Crippen molar-refractivity contribution in [2.75, 3.05) is 18.0 Å². The molecule has 3 nitrogen and oxygen atoms in total. The number of hydrogen-bond donors (Lipinski definition) is 2. The van der Waals surface area contributed by atoms with Crippen LogP contribution in [0, 0.1) is 6.92 Å². The maximum absolute atomic E-state index is 6.09. The number of thioether (sulfide) groups is 1. The average Bonchev–Trinajstić information content (AvgIpc) is 2.50. The molecule has 2 rings (SSSR count). The molecule has 1 atom stereocenters. The van der Waals surface area contributed by atoms with Crippen LogP contribution in [0.25, 0.3) is 0 Å². The fourth-order valence-electron chi connectivity index (χ4n) is 2.10. The Labute approximate surface area is 131 Å². The van der Waals surface area contributed by atoms with Gasteiger partial charge in [0.25, 0.3) is 0 Å².